The molecule has 0 saturated carbocycles. The largest absolute Gasteiger partial charge is 0.496 e. The second-order valence-electron chi connectivity index (χ2n) is 6.40. The van der Waals surface area contributed by atoms with Crippen LogP contribution in [-0.4, -0.2) is 55.1 Å². The Hall–Kier alpha value is -2.12. The van der Waals surface area contributed by atoms with Crippen molar-refractivity contribution in [3.8, 4) is 5.75 Å². The Morgan fingerprint density at radius 3 is 2.92 bits per heavy atom. The molecule has 1 atom stereocenters. The number of aromatic nitrogens is 1. The summed E-state index contributed by atoms with van der Waals surface area (Å²) in [7, 11) is 1.65. The summed E-state index contributed by atoms with van der Waals surface area (Å²) in [6.07, 6.45) is 2.88. The number of carbonyl (C=O) groups is 1. The summed E-state index contributed by atoms with van der Waals surface area (Å²) in [5.74, 6) is 0.855. The van der Waals surface area contributed by atoms with Gasteiger partial charge in [0.05, 0.1) is 13.2 Å². The SMILES string of the molecule is COc1ccccc1CNC(=O)[C@H](C)N1CCCN(c2nccs2)CC1. The Bertz CT molecular complexity index is 707. The molecule has 1 aromatic carbocycles. The average Bonchev–Trinajstić information content (AvgIpc) is 3.10. The van der Waals surface area contributed by atoms with E-state index in [2.05, 4.69) is 20.1 Å². The van der Waals surface area contributed by atoms with Gasteiger partial charge in [0.2, 0.25) is 5.91 Å². The smallest absolute Gasteiger partial charge is 0.237 e. The van der Waals surface area contributed by atoms with E-state index in [4.69, 9.17) is 4.74 Å². The summed E-state index contributed by atoms with van der Waals surface area (Å²) in [5.41, 5.74) is 0.987. The van der Waals surface area contributed by atoms with Crippen LogP contribution in [0.15, 0.2) is 35.8 Å². The predicted octanol–water partition coefficient (Wildman–Crippen LogP) is 2.37. The summed E-state index contributed by atoms with van der Waals surface area (Å²) in [5, 5.41) is 6.12. The molecule has 1 N–H and O–H groups in total. The molecule has 6 nitrogen and oxygen atoms in total. The Labute approximate surface area is 158 Å². The van der Waals surface area contributed by atoms with E-state index < -0.39 is 0 Å². The third-order valence-corrected chi connectivity index (χ3v) is 5.63. The van der Waals surface area contributed by atoms with Gasteiger partial charge in [-0.15, -0.1) is 11.3 Å². The summed E-state index contributed by atoms with van der Waals surface area (Å²) >= 11 is 1.67. The predicted molar refractivity (Wildman–Crippen MR) is 105 cm³/mol. The van der Waals surface area contributed by atoms with Crippen molar-refractivity contribution in [3.63, 3.8) is 0 Å². The maximum atomic E-state index is 12.6. The maximum absolute atomic E-state index is 12.6. The van der Waals surface area contributed by atoms with Crippen LogP contribution in [0.2, 0.25) is 0 Å². The Balaban J connectivity index is 1.53. The lowest BCUT2D eigenvalue weighted by molar-refractivity contribution is -0.126. The number of nitrogens with one attached hydrogen (secondary N) is 1. The van der Waals surface area contributed by atoms with Crippen LogP contribution in [0.3, 0.4) is 0 Å². The quantitative estimate of drug-likeness (QED) is 0.841. The van der Waals surface area contributed by atoms with Crippen LogP contribution in [0.25, 0.3) is 0 Å². The van der Waals surface area contributed by atoms with Gasteiger partial charge in [-0.2, -0.15) is 0 Å². The monoisotopic (exact) mass is 374 g/mol. The molecule has 0 unspecified atom stereocenters. The minimum Gasteiger partial charge on any atom is -0.496 e. The van der Waals surface area contributed by atoms with E-state index in [-0.39, 0.29) is 11.9 Å². The van der Waals surface area contributed by atoms with Crippen molar-refractivity contribution >= 4 is 22.4 Å². The van der Waals surface area contributed by atoms with E-state index >= 15 is 0 Å². The molecule has 0 spiro atoms. The fourth-order valence-corrected chi connectivity index (χ4v) is 3.93. The summed E-state index contributed by atoms with van der Waals surface area (Å²) in [6, 6.07) is 7.61. The second kappa shape index (κ2) is 9.00. The molecule has 0 aliphatic carbocycles. The van der Waals surface area contributed by atoms with E-state index in [1.54, 1.807) is 18.4 Å². The topological polar surface area (TPSA) is 57.7 Å². The number of benzene rings is 1. The molecule has 140 valence electrons. The first-order valence-electron chi connectivity index (χ1n) is 8.97. The number of hydrogen-bond donors (Lipinski definition) is 1. The van der Waals surface area contributed by atoms with Gasteiger partial charge in [-0.3, -0.25) is 9.69 Å². The van der Waals surface area contributed by atoms with E-state index in [9.17, 15) is 4.79 Å². The van der Waals surface area contributed by atoms with Crippen LogP contribution in [-0.2, 0) is 11.3 Å². The molecule has 0 radical (unpaired) electrons. The number of ether oxygens (including phenoxy) is 1. The molecule has 1 aliphatic rings. The minimum absolute atomic E-state index is 0.0543. The molecular weight excluding hydrogens is 348 g/mol. The van der Waals surface area contributed by atoms with Gasteiger partial charge in [0.25, 0.3) is 0 Å². The first kappa shape index (κ1) is 18.7. The van der Waals surface area contributed by atoms with Crippen LogP contribution in [0.4, 0.5) is 5.13 Å². The number of carbonyl (C=O) groups excluding carboxylic acids is 1. The minimum atomic E-state index is -0.152. The average molecular weight is 375 g/mol. The second-order valence-corrected chi connectivity index (χ2v) is 7.27. The molecule has 2 heterocycles. The Morgan fingerprint density at radius 2 is 2.15 bits per heavy atom. The zero-order chi connectivity index (χ0) is 18.4. The van der Waals surface area contributed by atoms with Crippen LogP contribution in [0.5, 0.6) is 5.75 Å². The fourth-order valence-electron chi connectivity index (χ4n) is 3.23. The van der Waals surface area contributed by atoms with Crippen LogP contribution < -0.4 is 15.0 Å². The van der Waals surface area contributed by atoms with Crippen molar-refractivity contribution in [3.05, 3.63) is 41.4 Å². The lowest BCUT2D eigenvalue weighted by Crippen LogP contribution is -2.46. The van der Waals surface area contributed by atoms with Crippen LogP contribution >= 0.6 is 11.3 Å². The fraction of sp³-hybridized carbons (Fsp3) is 0.474. The highest BCUT2D eigenvalue weighted by molar-refractivity contribution is 7.13. The van der Waals surface area contributed by atoms with Crippen molar-refractivity contribution in [1.29, 1.82) is 0 Å². The molecule has 1 amide bonds. The van der Waals surface area contributed by atoms with Crippen molar-refractivity contribution in [2.75, 3.05) is 38.2 Å². The number of amides is 1. The van der Waals surface area contributed by atoms with Gasteiger partial charge in [-0.1, -0.05) is 18.2 Å². The molecule has 26 heavy (non-hydrogen) atoms. The highest BCUT2D eigenvalue weighted by atomic mass is 32.1. The summed E-state index contributed by atoms with van der Waals surface area (Å²) < 4.78 is 5.35. The number of methoxy groups -OCH3 is 1. The number of rotatable bonds is 6. The zero-order valence-electron chi connectivity index (χ0n) is 15.4. The third-order valence-electron chi connectivity index (χ3n) is 4.79. The van der Waals surface area contributed by atoms with Crippen LogP contribution in [0.1, 0.15) is 18.9 Å². The highest BCUT2D eigenvalue weighted by Crippen LogP contribution is 2.20. The normalized spacial score (nSPS) is 16.8. The van der Waals surface area contributed by atoms with E-state index in [0.717, 1.165) is 49.0 Å². The molecule has 1 saturated heterocycles. The van der Waals surface area contributed by atoms with Crippen molar-refractivity contribution in [2.24, 2.45) is 0 Å². The molecule has 1 aromatic heterocycles. The lowest BCUT2D eigenvalue weighted by atomic mass is 10.2. The molecule has 7 heteroatoms. The van der Waals surface area contributed by atoms with E-state index in [1.165, 1.54) is 0 Å². The van der Waals surface area contributed by atoms with Gasteiger partial charge in [-0.05, 0) is 19.4 Å². The first-order valence-corrected chi connectivity index (χ1v) is 9.85. The van der Waals surface area contributed by atoms with E-state index in [0.29, 0.717) is 6.54 Å². The Kier molecular flexibility index (Phi) is 6.46. The summed E-state index contributed by atoms with van der Waals surface area (Å²) in [4.78, 5) is 21.6. The van der Waals surface area contributed by atoms with Gasteiger partial charge in [0.1, 0.15) is 5.75 Å². The standard InChI is InChI=1S/C19H26N4O2S/c1-15(18(24)21-14-16-6-3-4-7-17(16)25-2)22-9-5-10-23(12-11-22)19-20-8-13-26-19/h3-4,6-8,13,15H,5,9-12,14H2,1-2H3,(H,21,24)/t15-/m0/s1. The van der Waals surface area contributed by atoms with Crippen molar-refractivity contribution in [2.45, 2.75) is 25.9 Å². The molecule has 3 rings (SSSR count). The van der Waals surface area contributed by atoms with Crippen molar-refractivity contribution < 1.29 is 9.53 Å². The number of hydrogen-bond acceptors (Lipinski definition) is 6. The van der Waals surface area contributed by atoms with Crippen LogP contribution in [0, 0.1) is 0 Å². The van der Waals surface area contributed by atoms with Gasteiger partial charge in [-0.25, -0.2) is 4.98 Å². The van der Waals surface area contributed by atoms with Gasteiger partial charge in [0.15, 0.2) is 5.13 Å². The first-order chi connectivity index (χ1) is 12.7. The molecule has 1 fully saturated rings. The van der Waals surface area contributed by atoms with Gasteiger partial charge in [0, 0.05) is 49.9 Å². The molecular formula is C19H26N4O2S. The summed E-state index contributed by atoms with van der Waals surface area (Å²) in [6.45, 7) is 6.13. The third kappa shape index (κ3) is 4.53. The number of thiazole rings is 1. The highest BCUT2D eigenvalue weighted by Gasteiger charge is 2.24. The molecule has 1 aliphatic heterocycles. The maximum Gasteiger partial charge on any atom is 0.237 e. The zero-order valence-corrected chi connectivity index (χ0v) is 16.2. The molecule has 2 aromatic rings. The lowest BCUT2D eigenvalue weighted by Gasteiger charge is -2.27. The number of nitrogens with zero attached hydrogens (tertiary/aromatic N) is 3. The number of para-hydroxylation sites is 1. The van der Waals surface area contributed by atoms with E-state index in [1.807, 2.05) is 42.8 Å². The Morgan fingerprint density at radius 1 is 1.31 bits per heavy atom. The van der Waals surface area contributed by atoms with Gasteiger partial charge < -0.3 is 15.0 Å². The van der Waals surface area contributed by atoms with Gasteiger partial charge >= 0.3 is 0 Å². The van der Waals surface area contributed by atoms with Crippen molar-refractivity contribution in [1.82, 2.24) is 15.2 Å². The number of anilines is 1. The molecule has 0 bridgehead atoms.